The lowest BCUT2D eigenvalue weighted by atomic mass is 9.74. The number of ether oxygens (including phenoxy) is 1. The van der Waals surface area contributed by atoms with Crippen molar-refractivity contribution in [1.82, 2.24) is 9.47 Å². The van der Waals surface area contributed by atoms with E-state index in [9.17, 15) is 9.59 Å². The zero-order valence-corrected chi connectivity index (χ0v) is 12.9. The molecule has 4 rings (SSSR count). The summed E-state index contributed by atoms with van der Waals surface area (Å²) in [6, 6.07) is 5.88. The monoisotopic (exact) mass is 302 g/mol. The standard InChI is InChI=1S/C17H22N2O3/c1-11(20)22-15-5-3-7-18-9-12-8-13(17(15)18)10-19-14(12)4-2-6-16(19)21/h2,4,6,12-13,15,17H,3,5,7-10H2,1H3/t12-,13+,15?,17+/m0/s1. The number of fused-ring (bicyclic) bond motifs is 6. The van der Waals surface area contributed by atoms with Crippen molar-refractivity contribution < 1.29 is 9.53 Å². The molecule has 1 aromatic heterocycles. The van der Waals surface area contributed by atoms with Gasteiger partial charge in [0.15, 0.2) is 0 Å². The normalized spacial score (nSPS) is 33.7. The molecule has 0 saturated carbocycles. The first-order valence-corrected chi connectivity index (χ1v) is 8.24. The van der Waals surface area contributed by atoms with E-state index < -0.39 is 0 Å². The number of carbonyl (C=O) groups excluding carboxylic acids is 1. The van der Waals surface area contributed by atoms with Gasteiger partial charge < -0.3 is 9.30 Å². The highest BCUT2D eigenvalue weighted by atomic mass is 16.5. The number of carbonyl (C=O) groups is 1. The van der Waals surface area contributed by atoms with Gasteiger partial charge in [0.1, 0.15) is 6.10 Å². The first-order valence-electron chi connectivity index (χ1n) is 8.24. The molecule has 0 spiro atoms. The van der Waals surface area contributed by atoms with Crippen LogP contribution in [0.4, 0.5) is 0 Å². The van der Waals surface area contributed by atoms with Crippen LogP contribution in [-0.4, -0.2) is 40.7 Å². The number of rotatable bonds is 1. The molecule has 2 saturated heterocycles. The molecule has 118 valence electrons. The number of pyridine rings is 1. The molecule has 3 aliphatic rings. The maximum Gasteiger partial charge on any atom is 0.302 e. The van der Waals surface area contributed by atoms with E-state index in [-0.39, 0.29) is 23.7 Å². The highest BCUT2D eigenvalue weighted by Gasteiger charge is 2.46. The van der Waals surface area contributed by atoms with E-state index >= 15 is 0 Å². The maximum absolute atomic E-state index is 12.2. The van der Waals surface area contributed by atoms with Gasteiger partial charge in [-0.25, -0.2) is 0 Å². The van der Waals surface area contributed by atoms with Gasteiger partial charge in [-0.15, -0.1) is 0 Å². The average molecular weight is 302 g/mol. The van der Waals surface area contributed by atoms with Crippen molar-refractivity contribution in [2.75, 3.05) is 13.1 Å². The second-order valence-electron chi connectivity index (χ2n) is 6.87. The number of hydrogen-bond acceptors (Lipinski definition) is 4. The van der Waals surface area contributed by atoms with Crippen LogP contribution in [0.1, 0.15) is 37.8 Å². The van der Waals surface area contributed by atoms with E-state index in [2.05, 4.69) is 11.0 Å². The lowest BCUT2D eigenvalue weighted by Gasteiger charge is -2.52. The molecule has 0 amide bonds. The second kappa shape index (κ2) is 5.23. The Morgan fingerprint density at radius 3 is 3.00 bits per heavy atom. The molecule has 4 atom stereocenters. The Morgan fingerprint density at radius 2 is 2.18 bits per heavy atom. The predicted octanol–water partition coefficient (Wildman–Crippen LogP) is 1.36. The lowest BCUT2D eigenvalue weighted by Crippen LogP contribution is -2.60. The van der Waals surface area contributed by atoms with Gasteiger partial charge in [-0.3, -0.25) is 14.5 Å². The fourth-order valence-corrected chi connectivity index (χ4v) is 4.79. The van der Waals surface area contributed by atoms with Crippen LogP contribution in [-0.2, 0) is 16.1 Å². The van der Waals surface area contributed by atoms with Gasteiger partial charge in [-0.2, -0.15) is 0 Å². The smallest absolute Gasteiger partial charge is 0.302 e. The molecule has 1 aromatic rings. The van der Waals surface area contributed by atoms with E-state index in [1.165, 1.54) is 12.6 Å². The largest absolute Gasteiger partial charge is 0.461 e. The zero-order chi connectivity index (χ0) is 15.3. The molecular weight excluding hydrogens is 280 g/mol. The fourth-order valence-electron chi connectivity index (χ4n) is 4.79. The molecule has 0 radical (unpaired) electrons. The van der Waals surface area contributed by atoms with E-state index in [0.717, 1.165) is 38.9 Å². The third-order valence-electron chi connectivity index (χ3n) is 5.50. The van der Waals surface area contributed by atoms with Crippen LogP contribution in [0.2, 0.25) is 0 Å². The number of piperidine rings is 2. The Bertz CT molecular complexity index is 654. The molecule has 2 fully saturated rings. The minimum absolute atomic E-state index is 0.0156. The summed E-state index contributed by atoms with van der Waals surface area (Å²) in [5.74, 6) is 0.637. The van der Waals surface area contributed by atoms with Gasteiger partial charge >= 0.3 is 5.97 Å². The minimum atomic E-state index is -0.192. The van der Waals surface area contributed by atoms with Gasteiger partial charge in [0.25, 0.3) is 5.56 Å². The predicted molar refractivity (Wildman–Crippen MR) is 81.7 cm³/mol. The molecule has 1 unspecified atom stereocenters. The molecule has 5 heteroatoms. The summed E-state index contributed by atoms with van der Waals surface area (Å²) in [6.07, 6.45) is 3.11. The van der Waals surface area contributed by atoms with Crippen molar-refractivity contribution in [2.45, 2.75) is 50.8 Å². The summed E-state index contributed by atoms with van der Waals surface area (Å²) in [7, 11) is 0. The van der Waals surface area contributed by atoms with Crippen LogP contribution in [0, 0.1) is 5.92 Å². The Kier molecular flexibility index (Phi) is 3.33. The van der Waals surface area contributed by atoms with Crippen molar-refractivity contribution in [3.8, 4) is 0 Å². The fraction of sp³-hybridized carbons (Fsp3) is 0.647. The Balaban J connectivity index is 1.69. The van der Waals surface area contributed by atoms with Crippen molar-refractivity contribution >= 4 is 5.97 Å². The highest BCUT2D eigenvalue weighted by Crippen LogP contribution is 2.42. The van der Waals surface area contributed by atoms with E-state index in [4.69, 9.17) is 4.74 Å². The van der Waals surface area contributed by atoms with Crippen LogP contribution in [0.15, 0.2) is 23.0 Å². The van der Waals surface area contributed by atoms with Crippen LogP contribution >= 0.6 is 0 Å². The second-order valence-corrected chi connectivity index (χ2v) is 6.87. The summed E-state index contributed by atoms with van der Waals surface area (Å²) in [4.78, 5) is 26.1. The van der Waals surface area contributed by atoms with E-state index in [1.807, 2.05) is 10.6 Å². The SMILES string of the molecule is CC(=O)OC1CCCN2C[C@@H]3C[C@H](Cn4c3cccc4=O)[C@H]12. The van der Waals surface area contributed by atoms with Crippen molar-refractivity contribution in [2.24, 2.45) is 5.92 Å². The summed E-state index contributed by atoms with van der Waals surface area (Å²) < 4.78 is 7.54. The summed E-state index contributed by atoms with van der Waals surface area (Å²) in [5, 5.41) is 0. The molecule has 2 bridgehead atoms. The summed E-state index contributed by atoms with van der Waals surface area (Å²) in [6.45, 7) is 4.30. The molecule has 3 aliphatic heterocycles. The van der Waals surface area contributed by atoms with Gasteiger partial charge in [-0.05, 0) is 37.8 Å². The summed E-state index contributed by atoms with van der Waals surface area (Å²) in [5.41, 5.74) is 1.28. The summed E-state index contributed by atoms with van der Waals surface area (Å²) >= 11 is 0. The maximum atomic E-state index is 12.2. The molecule has 0 N–H and O–H groups in total. The van der Waals surface area contributed by atoms with Crippen LogP contribution < -0.4 is 5.56 Å². The van der Waals surface area contributed by atoms with Crippen molar-refractivity contribution in [1.29, 1.82) is 0 Å². The van der Waals surface area contributed by atoms with Crippen LogP contribution in [0.25, 0.3) is 0 Å². The Morgan fingerprint density at radius 1 is 1.32 bits per heavy atom. The Hall–Kier alpha value is -1.62. The molecule has 0 aromatic carbocycles. The van der Waals surface area contributed by atoms with E-state index in [1.54, 1.807) is 6.07 Å². The molecule has 5 nitrogen and oxygen atoms in total. The topological polar surface area (TPSA) is 51.5 Å². The molecular formula is C17H22N2O3. The van der Waals surface area contributed by atoms with Gasteiger partial charge in [-0.1, -0.05) is 6.07 Å². The van der Waals surface area contributed by atoms with Gasteiger partial charge in [0.2, 0.25) is 0 Å². The first kappa shape index (κ1) is 14.0. The molecule has 0 aliphatic carbocycles. The minimum Gasteiger partial charge on any atom is -0.461 e. The lowest BCUT2D eigenvalue weighted by molar-refractivity contribution is -0.157. The third kappa shape index (κ3) is 2.19. The van der Waals surface area contributed by atoms with Crippen molar-refractivity contribution in [3.63, 3.8) is 0 Å². The highest BCUT2D eigenvalue weighted by molar-refractivity contribution is 5.66. The van der Waals surface area contributed by atoms with Crippen LogP contribution in [0.3, 0.4) is 0 Å². The van der Waals surface area contributed by atoms with E-state index in [0.29, 0.717) is 11.8 Å². The number of hydrogen-bond donors (Lipinski definition) is 0. The van der Waals surface area contributed by atoms with Gasteiger partial charge in [0, 0.05) is 37.7 Å². The quantitative estimate of drug-likeness (QED) is 0.735. The molecule has 4 heterocycles. The Labute approximate surface area is 129 Å². The van der Waals surface area contributed by atoms with Crippen molar-refractivity contribution in [3.05, 3.63) is 34.2 Å². The molecule has 22 heavy (non-hydrogen) atoms. The zero-order valence-electron chi connectivity index (χ0n) is 12.9. The number of esters is 1. The number of aromatic nitrogens is 1. The van der Waals surface area contributed by atoms with Gasteiger partial charge in [0.05, 0.1) is 6.04 Å². The number of nitrogens with zero attached hydrogens (tertiary/aromatic N) is 2. The van der Waals surface area contributed by atoms with Crippen LogP contribution in [0.5, 0.6) is 0 Å². The average Bonchev–Trinajstić information content (AvgIpc) is 2.48. The third-order valence-corrected chi connectivity index (χ3v) is 5.50. The first-order chi connectivity index (χ1) is 10.6.